The number of carbonyl (C=O) groups excluding carboxylic acids is 1. The molecule has 7 nitrogen and oxygen atoms in total. The molecule has 4 rings (SSSR count). The van der Waals surface area contributed by atoms with Gasteiger partial charge in [-0.3, -0.25) is 9.59 Å². The maximum absolute atomic E-state index is 12.8. The lowest BCUT2D eigenvalue weighted by molar-refractivity contribution is -0.137. The van der Waals surface area contributed by atoms with Crippen molar-refractivity contribution in [3.63, 3.8) is 0 Å². The lowest BCUT2D eigenvalue weighted by Crippen LogP contribution is -2.22. The first-order valence-electron chi connectivity index (χ1n) is 11.5. The van der Waals surface area contributed by atoms with Gasteiger partial charge in [-0.2, -0.15) is 5.26 Å². The molecule has 1 heterocycles. The SMILES string of the molecule is N#Cc1ccc(CNC(=O)c2ccc3nc(-c4ccc(Cl)cc4)c(CCCCC(=O)O)nc3c2)cc1. The molecule has 0 atom stereocenters. The molecule has 0 aliphatic carbocycles. The number of amides is 1. The predicted octanol–water partition coefficient (Wildman–Crippen LogP) is 5.55. The molecule has 36 heavy (non-hydrogen) atoms. The van der Waals surface area contributed by atoms with Gasteiger partial charge in [0.2, 0.25) is 0 Å². The number of rotatable bonds is 9. The minimum absolute atomic E-state index is 0.0981. The second-order valence-electron chi connectivity index (χ2n) is 8.32. The van der Waals surface area contributed by atoms with Crippen LogP contribution in [-0.2, 0) is 17.8 Å². The Kier molecular flexibility index (Phi) is 7.89. The van der Waals surface area contributed by atoms with Crippen molar-refractivity contribution in [3.05, 3.63) is 94.1 Å². The van der Waals surface area contributed by atoms with Crippen LogP contribution in [0.2, 0.25) is 5.02 Å². The number of nitriles is 1. The van der Waals surface area contributed by atoms with Crippen molar-refractivity contribution >= 4 is 34.5 Å². The van der Waals surface area contributed by atoms with Gasteiger partial charge in [0.05, 0.1) is 34.1 Å². The number of benzene rings is 3. The molecule has 0 aliphatic rings. The van der Waals surface area contributed by atoms with E-state index < -0.39 is 5.97 Å². The first kappa shape index (κ1) is 24.8. The molecule has 2 N–H and O–H groups in total. The fraction of sp³-hybridized carbons (Fsp3) is 0.179. The number of hydrogen-bond acceptors (Lipinski definition) is 5. The molecule has 0 spiro atoms. The van der Waals surface area contributed by atoms with E-state index in [2.05, 4.69) is 11.4 Å². The van der Waals surface area contributed by atoms with Crippen molar-refractivity contribution in [2.24, 2.45) is 0 Å². The van der Waals surface area contributed by atoms with E-state index in [9.17, 15) is 9.59 Å². The van der Waals surface area contributed by atoms with E-state index in [0.717, 1.165) is 16.8 Å². The zero-order chi connectivity index (χ0) is 25.5. The maximum Gasteiger partial charge on any atom is 0.303 e. The van der Waals surface area contributed by atoms with Gasteiger partial charge in [-0.05, 0) is 67.3 Å². The van der Waals surface area contributed by atoms with Crippen molar-refractivity contribution in [2.75, 3.05) is 0 Å². The highest BCUT2D eigenvalue weighted by atomic mass is 35.5. The molecule has 180 valence electrons. The highest BCUT2D eigenvalue weighted by molar-refractivity contribution is 6.30. The van der Waals surface area contributed by atoms with Gasteiger partial charge in [0.1, 0.15) is 0 Å². The monoisotopic (exact) mass is 498 g/mol. The lowest BCUT2D eigenvalue weighted by atomic mass is 10.0. The molecule has 8 heteroatoms. The molecule has 1 aromatic heterocycles. The van der Waals surface area contributed by atoms with Crippen LogP contribution in [0.3, 0.4) is 0 Å². The van der Waals surface area contributed by atoms with Gasteiger partial charge >= 0.3 is 5.97 Å². The number of unbranched alkanes of at least 4 members (excludes halogenated alkanes) is 1. The lowest BCUT2D eigenvalue weighted by Gasteiger charge is -2.11. The molecule has 1 amide bonds. The number of nitrogens with zero attached hydrogens (tertiary/aromatic N) is 3. The Morgan fingerprint density at radius 1 is 0.944 bits per heavy atom. The van der Waals surface area contributed by atoms with Gasteiger partial charge in [0.25, 0.3) is 5.91 Å². The van der Waals surface area contributed by atoms with Crippen molar-refractivity contribution < 1.29 is 14.7 Å². The predicted molar refractivity (Wildman–Crippen MR) is 138 cm³/mol. The first-order chi connectivity index (χ1) is 17.4. The van der Waals surface area contributed by atoms with E-state index in [4.69, 9.17) is 31.9 Å². The van der Waals surface area contributed by atoms with Gasteiger partial charge in [0.15, 0.2) is 0 Å². The quantitative estimate of drug-likeness (QED) is 0.292. The number of nitrogens with one attached hydrogen (secondary N) is 1. The van der Waals surface area contributed by atoms with E-state index in [1.54, 1.807) is 54.6 Å². The van der Waals surface area contributed by atoms with Gasteiger partial charge in [-0.1, -0.05) is 35.9 Å². The van der Waals surface area contributed by atoms with Crippen molar-refractivity contribution in [3.8, 4) is 17.3 Å². The Balaban J connectivity index is 1.58. The largest absolute Gasteiger partial charge is 0.481 e. The van der Waals surface area contributed by atoms with Crippen LogP contribution >= 0.6 is 11.6 Å². The van der Waals surface area contributed by atoms with Crippen molar-refractivity contribution in [2.45, 2.75) is 32.2 Å². The standard InChI is InChI=1S/C28H23ClN4O3/c29-22-12-9-20(10-13-22)27-24(3-1-2-4-26(34)35)32-25-15-21(11-14-23(25)33-27)28(36)31-17-19-7-5-18(16-30)6-8-19/h5-15H,1-4,17H2,(H,31,36)(H,34,35). The zero-order valence-electron chi connectivity index (χ0n) is 19.4. The molecule has 0 fully saturated rings. The topological polar surface area (TPSA) is 116 Å². The highest BCUT2D eigenvalue weighted by Gasteiger charge is 2.14. The summed E-state index contributed by atoms with van der Waals surface area (Å²) in [4.78, 5) is 33.3. The third kappa shape index (κ3) is 6.23. The average molecular weight is 499 g/mol. The molecule has 3 aromatic carbocycles. The van der Waals surface area contributed by atoms with Gasteiger partial charge in [-0.25, -0.2) is 9.97 Å². The zero-order valence-corrected chi connectivity index (χ0v) is 20.1. The summed E-state index contributed by atoms with van der Waals surface area (Å²) in [6, 6.07) is 21.6. The number of aromatic nitrogens is 2. The second-order valence-corrected chi connectivity index (χ2v) is 8.76. The molecule has 0 saturated heterocycles. The molecule has 0 saturated carbocycles. The summed E-state index contributed by atoms with van der Waals surface area (Å²) in [5.41, 5.74) is 5.48. The van der Waals surface area contributed by atoms with Crippen LogP contribution in [0.15, 0.2) is 66.7 Å². The summed E-state index contributed by atoms with van der Waals surface area (Å²) in [7, 11) is 0. The summed E-state index contributed by atoms with van der Waals surface area (Å²) in [6.07, 6.45) is 1.84. The van der Waals surface area contributed by atoms with E-state index in [0.29, 0.717) is 58.7 Å². The van der Waals surface area contributed by atoms with Crippen LogP contribution in [0, 0.1) is 11.3 Å². The maximum atomic E-state index is 12.8. The summed E-state index contributed by atoms with van der Waals surface area (Å²) < 4.78 is 0. The van der Waals surface area contributed by atoms with Crippen LogP contribution in [0.25, 0.3) is 22.3 Å². The van der Waals surface area contributed by atoms with Crippen molar-refractivity contribution in [1.82, 2.24) is 15.3 Å². The Labute approximate surface area is 213 Å². The van der Waals surface area contributed by atoms with E-state index in [1.807, 2.05) is 12.1 Å². The minimum atomic E-state index is -0.825. The number of aliphatic carboxylic acids is 1. The molecule has 0 bridgehead atoms. The normalized spacial score (nSPS) is 10.7. The second kappa shape index (κ2) is 11.4. The summed E-state index contributed by atoms with van der Waals surface area (Å²) in [5.74, 6) is -1.07. The fourth-order valence-electron chi connectivity index (χ4n) is 3.80. The van der Waals surface area contributed by atoms with Gasteiger partial charge in [0, 0.05) is 29.1 Å². The Morgan fingerprint density at radius 2 is 1.69 bits per heavy atom. The third-order valence-electron chi connectivity index (χ3n) is 5.71. The van der Waals surface area contributed by atoms with Gasteiger partial charge < -0.3 is 10.4 Å². The van der Waals surface area contributed by atoms with Crippen LogP contribution in [0.5, 0.6) is 0 Å². The number of halogens is 1. The smallest absolute Gasteiger partial charge is 0.303 e. The van der Waals surface area contributed by atoms with E-state index in [1.165, 1.54) is 0 Å². The molecular formula is C28H23ClN4O3. The Bertz CT molecular complexity index is 1450. The molecule has 4 aromatic rings. The number of carboxylic acid groups (broad SMARTS) is 1. The van der Waals surface area contributed by atoms with Crippen LogP contribution in [0.1, 0.15) is 46.4 Å². The number of fused-ring (bicyclic) bond motifs is 1. The molecule has 0 unspecified atom stereocenters. The number of carbonyl (C=O) groups is 2. The third-order valence-corrected chi connectivity index (χ3v) is 5.96. The number of hydrogen-bond donors (Lipinski definition) is 2. The molecule has 0 radical (unpaired) electrons. The Morgan fingerprint density at radius 3 is 2.39 bits per heavy atom. The first-order valence-corrected chi connectivity index (χ1v) is 11.9. The van der Waals surface area contributed by atoms with Crippen LogP contribution in [-0.4, -0.2) is 27.0 Å². The number of carboxylic acids is 1. The van der Waals surface area contributed by atoms with Gasteiger partial charge in [-0.15, -0.1) is 0 Å². The number of aryl methyl sites for hydroxylation is 1. The van der Waals surface area contributed by atoms with Crippen molar-refractivity contribution in [1.29, 1.82) is 5.26 Å². The fourth-order valence-corrected chi connectivity index (χ4v) is 3.92. The highest BCUT2D eigenvalue weighted by Crippen LogP contribution is 2.26. The summed E-state index contributed by atoms with van der Waals surface area (Å²) in [6.45, 7) is 0.332. The summed E-state index contributed by atoms with van der Waals surface area (Å²) in [5, 5.41) is 21.4. The summed E-state index contributed by atoms with van der Waals surface area (Å²) >= 11 is 6.05. The molecule has 0 aliphatic heterocycles. The Hall–Kier alpha value is -4.28. The van der Waals surface area contributed by atoms with Crippen LogP contribution < -0.4 is 5.32 Å². The molecular weight excluding hydrogens is 476 g/mol. The van der Waals surface area contributed by atoms with Crippen LogP contribution in [0.4, 0.5) is 0 Å². The average Bonchev–Trinajstić information content (AvgIpc) is 2.89. The minimum Gasteiger partial charge on any atom is -0.481 e. The van der Waals surface area contributed by atoms with E-state index >= 15 is 0 Å². The van der Waals surface area contributed by atoms with E-state index in [-0.39, 0.29) is 12.3 Å².